The lowest BCUT2D eigenvalue weighted by Gasteiger charge is -2.28. The fourth-order valence-corrected chi connectivity index (χ4v) is 4.76. The summed E-state index contributed by atoms with van der Waals surface area (Å²) in [5, 5.41) is 0. The van der Waals surface area contributed by atoms with Crippen LogP contribution in [0.5, 0.6) is 0 Å². The molecule has 0 radical (unpaired) electrons. The predicted molar refractivity (Wildman–Crippen MR) is 106 cm³/mol. The second-order valence-electron chi connectivity index (χ2n) is 8.53. The van der Waals surface area contributed by atoms with Gasteiger partial charge in [0.1, 0.15) is 11.5 Å². The summed E-state index contributed by atoms with van der Waals surface area (Å²) in [4.78, 5) is 27.8. The molecule has 1 aromatic rings. The SMILES string of the molecule is CCCOC(=O)C1C2C=CC3(CN(C(C)c4ccc(C(C)C)cc4)C(=O)C13)O2. The molecule has 28 heavy (non-hydrogen) atoms. The Balaban J connectivity index is 1.56. The molecule has 1 amide bonds. The van der Waals surface area contributed by atoms with Crippen molar-refractivity contribution in [2.45, 2.75) is 57.8 Å². The number of carbonyl (C=O) groups is 2. The molecule has 2 bridgehead atoms. The van der Waals surface area contributed by atoms with E-state index >= 15 is 0 Å². The molecule has 0 aliphatic carbocycles. The standard InChI is InChI=1S/C23H29NO4/c1-5-12-27-22(26)19-18-10-11-23(28-18)13-24(21(25)20(19)23)15(4)17-8-6-16(7-9-17)14(2)3/h6-11,14-15,18-20H,5,12-13H2,1-4H3. The van der Waals surface area contributed by atoms with Gasteiger partial charge < -0.3 is 14.4 Å². The first kappa shape index (κ1) is 19.2. The Morgan fingerprint density at radius 1 is 1.25 bits per heavy atom. The van der Waals surface area contributed by atoms with E-state index in [1.54, 1.807) is 0 Å². The number of amides is 1. The largest absolute Gasteiger partial charge is 0.465 e. The first-order valence-corrected chi connectivity index (χ1v) is 10.3. The molecule has 5 atom stereocenters. The van der Waals surface area contributed by atoms with Crippen LogP contribution in [0.3, 0.4) is 0 Å². The van der Waals surface area contributed by atoms with Crippen LogP contribution in [0.4, 0.5) is 0 Å². The summed E-state index contributed by atoms with van der Waals surface area (Å²) >= 11 is 0. The van der Waals surface area contributed by atoms with Crippen molar-refractivity contribution in [1.82, 2.24) is 4.90 Å². The molecule has 4 rings (SSSR count). The number of benzene rings is 1. The smallest absolute Gasteiger partial charge is 0.312 e. The van der Waals surface area contributed by atoms with E-state index in [0.29, 0.717) is 19.1 Å². The van der Waals surface area contributed by atoms with E-state index in [1.165, 1.54) is 5.56 Å². The summed E-state index contributed by atoms with van der Waals surface area (Å²) in [7, 11) is 0. The Labute approximate surface area is 166 Å². The highest BCUT2D eigenvalue weighted by Gasteiger charge is 2.67. The zero-order valence-electron chi connectivity index (χ0n) is 17.1. The molecule has 0 N–H and O–H groups in total. The van der Waals surface area contributed by atoms with Crippen LogP contribution >= 0.6 is 0 Å². The fraction of sp³-hybridized carbons (Fsp3) is 0.565. The van der Waals surface area contributed by atoms with Gasteiger partial charge in [0.15, 0.2) is 0 Å². The summed E-state index contributed by atoms with van der Waals surface area (Å²) in [6, 6.07) is 8.38. The summed E-state index contributed by atoms with van der Waals surface area (Å²) in [5.41, 5.74) is 1.68. The number of carbonyl (C=O) groups excluding carboxylic acids is 2. The molecule has 0 aromatic heterocycles. The first-order valence-electron chi connectivity index (χ1n) is 10.3. The number of hydrogen-bond acceptors (Lipinski definition) is 4. The average molecular weight is 383 g/mol. The van der Waals surface area contributed by atoms with Crippen molar-refractivity contribution in [1.29, 1.82) is 0 Å². The minimum Gasteiger partial charge on any atom is -0.465 e. The third-order valence-corrected chi connectivity index (χ3v) is 6.40. The molecular formula is C23H29NO4. The van der Waals surface area contributed by atoms with E-state index in [-0.39, 0.29) is 24.0 Å². The minimum atomic E-state index is -0.691. The molecule has 3 heterocycles. The lowest BCUT2D eigenvalue weighted by Crippen LogP contribution is -2.40. The third-order valence-electron chi connectivity index (χ3n) is 6.40. The van der Waals surface area contributed by atoms with Gasteiger partial charge in [0, 0.05) is 0 Å². The Kier molecular flexibility index (Phi) is 4.82. The third kappa shape index (κ3) is 2.87. The number of likely N-dealkylation sites (tertiary alicyclic amines) is 1. The minimum absolute atomic E-state index is 0.00858. The topological polar surface area (TPSA) is 55.8 Å². The van der Waals surface area contributed by atoms with Gasteiger partial charge in [0.05, 0.1) is 31.2 Å². The monoisotopic (exact) mass is 383 g/mol. The second kappa shape index (κ2) is 7.03. The molecule has 2 fully saturated rings. The molecule has 1 spiro atoms. The van der Waals surface area contributed by atoms with Crippen molar-refractivity contribution in [3.63, 3.8) is 0 Å². The van der Waals surface area contributed by atoms with Gasteiger partial charge in [-0.2, -0.15) is 0 Å². The number of nitrogens with zero attached hydrogens (tertiary/aromatic N) is 1. The van der Waals surface area contributed by atoms with Crippen LogP contribution in [0.1, 0.15) is 57.2 Å². The lowest BCUT2D eigenvalue weighted by atomic mass is 9.77. The Morgan fingerprint density at radius 3 is 2.57 bits per heavy atom. The summed E-state index contributed by atoms with van der Waals surface area (Å²) in [5.74, 6) is -0.869. The van der Waals surface area contributed by atoms with Gasteiger partial charge in [-0.1, -0.05) is 57.2 Å². The molecule has 5 nitrogen and oxygen atoms in total. The maximum Gasteiger partial charge on any atom is 0.312 e. The van der Waals surface area contributed by atoms with Crippen molar-refractivity contribution in [3.8, 4) is 0 Å². The van der Waals surface area contributed by atoms with Crippen LogP contribution in [0.15, 0.2) is 36.4 Å². The molecule has 5 unspecified atom stereocenters. The number of ether oxygens (including phenoxy) is 2. The molecule has 0 saturated carbocycles. The van der Waals surface area contributed by atoms with E-state index < -0.39 is 17.4 Å². The van der Waals surface area contributed by atoms with E-state index in [2.05, 4.69) is 38.1 Å². The second-order valence-corrected chi connectivity index (χ2v) is 8.53. The normalized spacial score (nSPS) is 31.5. The fourth-order valence-electron chi connectivity index (χ4n) is 4.76. The van der Waals surface area contributed by atoms with Gasteiger partial charge in [-0.15, -0.1) is 0 Å². The highest BCUT2D eigenvalue weighted by molar-refractivity contribution is 5.91. The predicted octanol–water partition coefficient (Wildman–Crippen LogP) is 3.61. The van der Waals surface area contributed by atoms with Crippen LogP contribution in [0.2, 0.25) is 0 Å². The van der Waals surface area contributed by atoms with Crippen molar-refractivity contribution in [2.24, 2.45) is 11.8 Å². The molecule has 1 aromatic carbocycles. The average Bonchev–Trinajstić information content (AvgIpc) is 3.34. The summed E-state index contributed by atoms with van der Waals surface area (Å²) in [6.45, 7) is 9.19. The molecule has 150 valence electrons. The Bertz CT molecular complexity index is 799. The van der Waals surface area contributed by atoms with Crippen molar-refractivity contribution in [3.05, 3.63) is 47.5 Å². The first-order chi connectivity index (χ1) is 13.4. The summed E-state index contributed by atoms with van der Waals surface area (Å²) in [6.07, 6.45) is 4.33. The quantitative estimate of drug-likeness (QED) is 0.556. The molecule has 3 aliphatic rings. The van der Waals surface area contributed by atoms with Gasteiger partial charge in [-0.05, 0) is 30.4 Å². The van der Waals surface area contributed by atoms with Crippen LogP contribution < -0.4 is 0 Å². The van der Waals surface area contributed by atoms with Crippen LogP contribution in [-0.2, 0) is 19.1 Å². The molecule has 2 saturated heterocycles. The Hall–Kier alpha value is -2.14. The number of rotatable bonds is 6. The van der Waals surface area contributed by atoms with E-state index in [0.717, 1.165) is 12.0 Å². The highest BCUT2D eigenvalue weighted by atomic mass is 16.6. The van der Waals surface area contributed by atoms with Gasteiger partial charge in [0.25, 0.3) is 0 Å². The zero-order valence-corrected chi connectivity index (χ0v) is 17.1. The van der Waals surface area contributed by atoms with Crippen LogP contribution in [0.25, 0.3) is 0 Å². The van der Waals surface area contributed by atoms with E-state index in [4.69, 9.17) is 9.47 Å². The van der Waals surface area contributed by atoms with Crippen molar-refractivity contribution in [2.75, 3.05) is 13.2 Å². The van der Waals surface area contributed by atoms with Crippen LogP contribution in [0, 0.1) is 11.8 Å². The maximum atomic E-state index is 13.4. The van der Waals surface area contributed by atoms with E-state index in [9.17, 15) is 9.59 Å². The maximum absolute atomic E-state index is 13.4. The lowest BCUT2D eigenvalue weighted by molar-refractivity contribution is -0.154. The zero-order chi connectivity index (χ0) is 20.1. The molecular weight excluding hydrogens is 354 g/mol. The Morgan fingerprint density at radius 2 is 1.93 bits per heavy atom. The highest BCUT2D eigenvalue weighted by Crippen LogP contribution is 2.53. The van der Waals surface area contributed by atoms with Crippen LogP contribution in [-0.4, -0.2) is 41.6 Å². The van der Waals surface area contributed by atoms with Gasteiger partial charge in [-0.3, -0.25) is 9.59 Å². The number of hydrogen-bond donors (Lipinski definition) is 0. The van der Waals surface area contributed by atoms with Gasteiger partial charge in [-0.25, -0.2) is 0 Å². The van der Waals surface area contributed by atoms with Crippen molar-refractivity contribution >= 4 is 11.9 Å². The summed E-state index contributed by atoms with van der Waals surface area (Å²) < 4.78 is 11.5. The van der Waals surface area contributed by atoms with Gasteiger partial charge in [0.2, 0.25) is 5.91 Å². The van der Waals surface area contributed by atoms with Crippen molar-refractivity contribution < 1.29 is 19.1 Å². The van der Waals surface area contributed by atoms with Gasteiger partial charge >= 0.3 is 5.97 Å². The van der Waals surface area contributed by atoms with E-state index in [1.807, 2.05) is 30.9 Å². The molecule has 3 aliphatic heterocycles. The molecule has 5 heteroatoms. The number of fused-ring (bicyclic) bond motifs is 1. The number of esters is 1.